The predicted octanol–water partition coefficient (Wildman–Crippen LogP) is 4.57. The van der Waals surface area contributed by atoms with Crippen LogP contribution in [0, 0.1) is 6.92 Å². The molecule has 7 heteroatoms. The number of nitrogens with one attached hydrogen (secondary N) is 1. The molecule has 3 aromatic rings. The van der Waals surface area contributed by atoms with Gasteiger partial charge < -0.3 is 10.1 Å². The van der Waals surface area contributed by atoms with Crippen molar-refractivity contribution in [3.05, 3.63) is 46.1 Å². The van der Waals surface area contributed by atoms with Gasteiger partial charge in [-0.3, -0.25) is 0 Å². The quantitative estimate of drug-likeness (QED) is 0.553. The molecule has 0 saturated carbocycles. The highest BCUT2D eigenvalue weighted by Gasteiger charge is 2.21. The Labute approximate surface area is 142 Å². The maximum atomic E-state index is 12.1. The first-order valence-corrected chi connectivity index (χ1v) is 8.25. The van der Waals surface area contributed by atoms with E-state index in [0.29, 0.717) is 22.1 Å². The Morgan fingerprint density at radius 3 is 2.74 bits per heavy atom. The first-order valence-electron chi connectivity index (χ1n) is 7.06. The van der Waals surface area contributed by atoms with Crippen LogP contribution in [0.3, 0.4) is 0 Å². The number of hydrogen-bond acceptors (Lipinski definition) is 6. The van der Waals surface area contributed by atoms with Crippen molar-refractivity contribution < 1.29 is 9.53 Å². The number of aryl methyl sites for hydroxylation is 1. The minimum absolute atomic E-state index is 0.132. The van der Waals surface area contributed by atoms with Crippen LogP contribution in [0.15, 0.2) is 30.3 Å². The van der Waals surface area contributed by atoms with E-state index in [1.54, 1.807) is 6.92 Å². The fourth-order valence-electron chi connectivity index (χ4n) is 2.25. The molecule has 0 fully saturated rings. The summed E-state index contributed by atoms with van der Waals surface area (Å²) in [7, 11) is 0. The van der Waals surface area contributed by atoms with Crippen LogP contribution in [0.2, 0.25) is 5.28 Å². The summed E-state index contributed by atoms with van der Waals surface area (Å²) in [6, 6.07) is 9.63. The molecule has 1 aromatic carbocycles. The van der Waals surface area contributed by atoms with Crippen molar-refractivity contribution in [1.29, 1.82) is 0 Å². The van der Waals surface area contributed by atoms with E-state index in [-0.39, 0.29) is 11.3 Å². The molecule has 0 radical (unpaired) electrons. The Bertz CT molecular complexity index is 865. The van der Waals surface area contributed by atoms with E-state index in [1.807, 2.05) is 37.3 Å². The zero-order valence-electron chi connectivity index (χ0n) is 12.6. The minimum Gasteiger partial charge on any atom is -0.462 e. The van der Waals surface area contributed by atoms with Crippen molar-refractivity contribution >= 4 is 50.6 Å². The molecular weight excluding hydrogens is 334 g/mol. The fourth-order valence-corrected chi connectivity index (χ4v) is 3.55. The molecule has 0 amide bonds. The number of benzene rings is 1. The maximum absolute atomic E-state index is 12.1. The lowest BCUT2D eigenvalue weighted by molar-refractivity contribution is 0.0531. The zero-order valence-corrected chi connectivity index (χ0v) is 14.2. The summed E-state index contributed by atoms with van der Waals surface area (Å²) in [5.41, 5.74) is 1.67. The van der Waals surface area contributed by atoms with Gasteiger partial charge in [0.2, 0.25) is 5.28 Å². The summed E-state index contributed by atoms with van der Waals surface area (Å²) >= 11 is 7.28. The van der Waals surface area contributed by atoms with Crippen molar-refractivity contribution in [2.45, 2.75) is 13.8 Å². The van der Waals surface area contributed by atoms with Crippen LogP contribution in [0.4, 0.5) is 11.5 Å². The van der Waals surface area contributed by atoms with Crippen molar-refractivity contribution in [2.75, 3.05) is 11.9 Å². The third-order valence-electron chi connectivity index (χ3n) is 3.26. The molecule has 23 heavy (non-hydrogen) atoms. The molecular formula is C16H14ClN3O2S. The molecule has 3 rings (SSSR count). The molecule has 0 unspecified atom stereocenters. The summed E-state index contributed by atoms with van der Waals surface area (Å²) in [6.07, 6.45) is 0. The molecule has 5 nitrogen and oxygen atoms in total. The maximum Gasteiger partial charge on any atom is 0.348 e. The second kappa shape index (κ2) is 6.52. The number of thiophene rings is 1. The van der Waals surface area contributed by atoms with Crippen LogP contribution in [-0.2, 0) is 4.74 Å². The molecule has 0 bridgehead atoms. The molecule has 1 N–H and O–H groups in total. The summed E-state index contributed by atoms with van der Waals surface area (Å²) < 4.78 is 5.10. The topological polar surface area (TPSA) is 64.1 Å². The van der Waals surface area contributed by atoms with Crippen LogP contribution in [0.25, 0.3) is 10.2 Å². The van der Waals surface area contributed by atoms with Crippen molar-refractivity contribution in [3.63, 3.8) is 0 Å². The molecule has 0 spiro atoms. The van der Waals surface area contributed by atoms with E-state index in [0.717, 1.165) is 16.6 Å². The van der Waals surface area contributed by atoms with E-state index in [4.69, 9.17) is 16.3 Å². The summed E-state index contributed by atoms with van der Waals surface area (Å²) in [5.74, 6) is 0.227. The lowest BCUT2D eigenvalue weighted by Gasteiger charge is -2.07. The first-order chi connectivity index (χ1) is 11.1. The lowest BCUT2D eigenvalue weighted by atomic mass is 10.2. The largest absolute Gasteiger partial charge is 0.462 e. The third kappa shape index (κ3) is 3.13. The average Bonchev–Trinajstić information content (AvgIpc) is 2.85. The highest BCUT2D eigenvalue weighted by Crippen LogP contribution is 2.36. The van der Waals surface area contributed by atoms with Crippen LogP contribution in [0.5, 0.6) is 0 Å². The minimum atomic E-state index is -0.352. The SMILES string of the molecule is CCOC(=O)c1sc2nc(Cl)nc(Nc3ccccc3)c2c1C. The number of aromatic nitrogens is 2. The van der Waals surface area contributed by atoms with E-state index < -0.39 is 0 Å². The average molecular weight is 348 g/mol. The predicted molar refractivity (Wildman–Crippen MR) is 92.8 cm³/mol. The Morgan fingerprint density at radius 2 is 2.04 bits per heavy atom. The number of rotatable bonds is 4. The number of anilines is 2. The number of ether oxygens (including phenoxy) is 1. The van der Waals surface area contributed by atoms with E-state index in [2.05, 4.69) is 15.3 Å². The van der Waals surface area contributed by atoms with Gasteiger partial charge in [-0.1, -0.05) is 18.2 Å². The molecule has 0 saturated heterocycles. The number of hydrogen-bond donors (Lipinski definition) is 1. The molecule has 2 aromatic heterocycles. The van der Waals surface area contributed by atoms with Gasteiger partial charge in [0, 0.05) is 5.69 Å². The van der Waals surface area contributed by atoms with Crippen molar-refractivity contribution in [1.82, 2.24) is 9.97 Å². The van der Waals surface area contributed by atoms with Crippen molar-refractivity contribution in [3.8, 4) is 0 Å². The molecule has 118 valence electrons. The molecule has 0 aliphatic heterocycles. The number of carbonyl (C=O) groups is 1. The molecule has 0 atom stereocenters. The zero-order chi connectivity index (χ0) is 16.4. The lowest BCUT2D eigenvalue weighted by Crippen LogP contribution is -2.03. The van der Waals surface area contributed by atoms with Crippen LogP contribution < -0.4 is 5.32 Å². The number of nitrogens with zero attached hydrogens (tertiary/aromatic N) is 2. The van der Waals surface area contributed by atoms with Crippen LogP contribution in [-0.4, -0.2) is 22.5 Å². The van der Waals surface area contributed by atoms with Gasteiger partial charge in [-0.25, -0.2) is 9.78 Å². The number of esters is 1. The normalized spacial score (nSPS) is 10.7. The van der Waals surface area contributed by atoms with Gasteiger partial charge in [0.1, 0.15) is 15.5 Å². The monoisotopic (exact) mass is 347 g/mol. The van der Waals surface area contributed by atoms with Gasteiger partial charge in [0.15, 0.2) is 0 Å². The molecule has 2 heterocycles. The highest BCUT2D eigenvalue weighted by atomic mass is 35.5. The summed E-state index contributed by atoms with van der Waals surface area (Å²) in [5, 5.41) is 4.15. The van der Waals surface area contributed by atoms with Gasteiger partial charge in [-0.05, 0) is 43.1 Å². The second-order valence-corrected chi connectivity index (χ2v) is 6.13. The highest BCUT2D eigenvalue weighted by molar-refractivity contribution is 7.20. The van der Waals surface area contributed by atoms with Gasteiger partial charge in [-0.2, -0.15) is 4.98 Å². The number of para-hydroxylation sites is 1. The first kappa shape index (κ1) is 15.7. The Morgan fingerprint density at radius 1 is 1.30 bits per heavy atom. The van der Waals surface area contributed by atoms with Crippen LogP contribution in [0.1, 0.15) is 22.2 Å². The van der Waals surface area contributed by atoms with Gasteiger partial charge in [0.25, 0.3) is 0 Å². The van der Waals surface area contributed by atoms with E-state index in [1.165, 1.54) is 11.3 Å². The van der Waals surface area contributed by atoms with Crippen molar-refractivity contribution in [2.24, 2.45) is 0 Å². The summed E-state index contributed by atoms with van der Waals surface area (Å²) in [4.78, 5) is 21.8. The van der Waals surface area contributed by atoms with Gasteiger partial charge >= 0.3 is 5.97 Å². The fraction of sp³-hybridized carbons (Fsp3) is 0.188. The molecule has 0 aliphatic rings. The Kier molecular flexibility index (Phi) is 4.45. The summed E-state index contributed by atoms with van der Waals surface area (Å²) in [6.45, 7) is 3.96. The second-order valence-electron chi connectivity index (χ2n) is 4.79. The Balaban J connectivity index is 2.12. The number of carbonyl (C=O) groups excluding carboxylic acids is 1. The third-order valence-corrected chi connectivity index (χ3v) is 4.59. The standard InChI is InChI=1S/C16H14ClN3O2S/c1-3-22-15(21)12-9(2)11-13(18-10-7-5-4-6-8-10)19-16(17)20-14(11)23-12/h4-8H,3H2,1-2H3,(H,18,19,20). The smallest absolute Gasteiger partial charge is 0.348 e. The Hall–Kier alpha value is -2.18. The van der Waals surface area contributed by atoms with Gasteiger partial charge in [0.05, 0.1) is 12.0 Å². The molecule has 0 aliphatic carbocycles. The van der Waals surface area contributed by atoms with Crippen LogP contribution >= 0.6 is 22.9 Å². The van der Waals surface area contributed by atoms with E-state index >= 15 is 0 Å². The van der Waals surface area contributed by atoms with Gasteiger partial charge in [-0.15, -0.1) is 11.3 Å². The van der Waals surface area contributed by atoms with E-state index in [9.17, 15) is 4.79 Å². The number of fused-ring (bicyclic) bond motifs is 1. The number of halogens is 1.